The van der Waals surface area contributed by atoms with Gasteiger partial charge in [-0.15, -0.1) is 36.2 Å². The number of aryl methyl sites for hydroxylation is 4. The van der Waals surface area contributed by atoms with Gasteiger partial charge in [0.05, 0.1) is 56.8 Å². The molecule has 0 aliphatic rings. The van der Waals surface area contributed by atoms with Gasteiger partial charge in [-0.2, -0.15) is 58.7 Å². The van der Waals surface area contributed by atoms with Crippen LogP contribution in [-0.4, -0.2) is 128 Å². The molecule has 0 radical (unpaired) electrons. The van der Waals surface area contributed by atoms with E-state index in [9.17, 15) is 53.9 Å². The average molecular weight is 1630 g/mol. The van der Waals surface area contributed by atoms with Crippen LogP contribution in [0.25, 0.3) is 0 Å². The molecular weight excluding hydrogens is 1530 g/mol. The zero-order valence-corrected chi connectivity index (χ0v) is 67.0. The van der Waals surface area contributed by atoms with Gasteiger partial charge in [0.15, 0.2) is 5.78 Å². The summed E-state index contributed by atoms with van der Waals surface area (Å²) in [5.41, 5.74) is 2.33. The number of phenols is 1. The third-order valence-corrected chi connectivity index (χ3v) is 16.9. The third kappa shape index (κ3) is 49.8. The van der Waals surface area contributed by atoms with Crippen LogP contribution in [0.2, 0.25) is 0 Å². The minimum atomic E-state index is -4.33. The summed E-state index contributed by atoms with van der Waals surface area (Å²) in [5, 5.41) is 33.8. The summed E-state index contributed by atoms with van der Waals surface area (Å²) < 4.78 is 148. The third-order valence-electron chi connectivity index (χ3n) is 14.0. The van der Waals surface area contributed by atoms with E-state index < -0.39 is 47.1 Å². The van der Waals surface area contributed by atoms with Crippen molar-refractivity contribution in [2.75, 3.05) is 78.1 Å². The van der Waals surface area contributed by atoms with Crippen LogP contribution in [0.1, 0.15) is 108 Å². The second kappa shape index (κ2) is 58.0. The van der Waals surface area contributed by atoms with Crippen molar-refractivity contribution in [3.8, 4) is 40.2 Å². The first-order valence-corrected chi connectivity index (χ1v) is 36.7. The number of hydrogen-bond donors (Lipinski definition) is 5. The molecule has 7 aromatic rings. The number of carbonyl (C=O) groups excluding carboxylic acids is 7. The van der Waals surface area contributed by atoms with Crippen LogP contribution in [0, 0.1) is 57.3 Å². The number of aliphatic hydroxyl groups is 3. The van der Waals surface area contributed by atoms with Crippen molar-refractivity contribution in [3.05, 3.63) is 191 Å². The number of Topliss-reactive ketones (excluding diaryl/α,β-unsaturated/α-hetero) is 2. The summed E-state index contributed by atoms with van der Waals surface area (Å²) >= 11 is 7.64. The predicted octanol–water partition coefficient (Wildman–Crippen LogP) is 18.3. The Balaban J connectivity index is 0. The van der Waals surface area contributed by atoms with E-state index in [1.54, 1.807) is 51.4 Å². The molecule has 0 aliphatic heterocycles. The van der Waals surface area contributed by atoms with Gasteiger partial charge in [-0.3, -0.25) is 14.4 Å². The summed E-state index contributed by atoms with van der Waals surface area (Å²) in [4.78, 5) is 67.7. The number of thioether (sulfide) groups is 2. The van der Waals surface area contributed by atoms with Crippen LogP contribution in [0.3, 0.4) is 0 Å². The van der Waals surface area contributed by atoms with Crippen LogP contribution >= 0.6 is 36.2 Å². The van der Waals surface area contributed by atoms with Crippen molar-refractivity contribution < 1.29 is 127 Å². The maximum atomic E-state index is 12.6. The Kier molecular flexibility index (Phi) is 54.3. The van der Waals surface area contributed by atoms with Crippen molar-refractivity contribution in [1.82, 2.24) is 0 Å². The van der Waals surface area contributed by atoms with Crippen LogP contribution in [-0.2, 0) is 56.8 Å². The van der Waals surface area contributed by atoms with Crippen molar-refractivity contribution in [2.45, 2.75) is 130 Å². The summed E-state index contributed by atoms with van der Waals surface area (Å²) in [6.07, 6.45) is -11.5. The van der Waals surface area contributed by atoms with E-state index in [0.717, 1.165) is 121 Å². The monoisotopic (exact) mass is 1630 g/mol. The quantitative estimate of drug-likeness (QED) is 0.0100. The van der Waals surface area contributed by atoms with Gasteiger partial charge in [-0.1, -0.05) is 52.3 Å². The molecule has 4 N–H and O–H groups in total. The standard InChI is InChI=1S/C21H25F3O2S.C19H21F3O2S.C11H16O2.C10H12O2S.C7H5F3O.C7H12O3.C4H10O2.2CO2/c1-4-11-25-20-10-9-19(12-16(20)3)27-14-15(2)13-26-18-7-5-17(6-8-18)21(22,23)24;1-13(12-25-17-8-9-18(23-3)14(2)10-17)11-24-16-6-4-15(5-7-16)19(20,21)22;1-9-3-5-11(6-4-9)13-8-10(2)7-12;1-7-5-9(13)3-4-10(7)12-6-8(2)11;8-7(9,10)5-1-3-6(11)4-2-5;1-4-10-7(9)5(2)6(3)8;1-4(2-5)3-6;2*2-1-3/h5-10,12,15H,4,11,13-14H2,1-3H3;4-10,13H,11-12H2,1-3H3;3-6,10,12H,7-8H2,1-2H3;3-5,13H,6H2,1-2H3;1-4,11H;5H,4H2,1-3H3;4-6H,2-3H2,1H3;;. The zero-order chi connectivity index (χ0) is 84.9. The lowest BCUT2D eigenvalue weighted by molar-refractivity contribution is -0.193. The number of rotatable bonds is 28. The molecule has 0 aromatic heterocycles. The number of carbonyl (C=O) groups is 3. The fraction of sp³-hybridized carbons (Fsp3) is 0.420. The van der Waals surface area contributed by atoms with Crippen LogP contribution in [0.5, 0.6) is 40.2 Å². The Labute approximate surface area is 657 Å². The average Bonchev–Trinajstić information content (AvgIpc) is 0.733. The van der Waals surface area contributed by atoms with Crippen LogP contribution in [0.4, 0.5) is 39.5 Å². The van der Waals surface area contributed by atoms with E-state index in [0.29, 0.717) is 44.5 Å². The molecule has 4 unspecified atom stereocenters. The number of alkyl halides is 9. The molecule has 111 heavy (non-hydrogen) atoms. The van der Waals surface area contributed by atoms with E-state index in [-0.39, 0.29) is 79.7 Å². The Morgan fingerprint density at radius 2 is 0.829 bits per heavy atom. The number of hydrogen-bond acceptors (Lipinski definition) is 21. The highest BCUT2D eigenvalue weighted by molar-refractivity contribution is 7.99. The number of ketones is 2. The summed E-state index contributed by atoms with van der Waals surface area (Å²) in [6, 6.07) is 38.9. The minimum absolute atomic E-state index is 0.0225. The van der Waals surface area contributed by atoms with Crippen molar-refractivity contribution in [1.29, 1.82) is 0 Å². The van der Waals surface area contributed by atoms with E-state index in [1.165, 1.54) is 43.7 Å². The van der Waals surface area contributed by atoms with Crippen LogP contribution in [0.15, 0.2) is 166 Å². The second-order valence-electron chi connectivity index (χ2n) is 24.5. The Bertz CT molecular complexity index is 3760. The Morgan fingerprint density at radius 1 is 0.477 bits per heavy atom. The molecule has 7 aromatic carbocycles. The highest BCUT2D eigenvalue weighted by Crippen LogP contribution is 2.34. The normalized spacial score (nSPS) is 11.5. The molecule has 0 saturated carbocycles. The number of thiol groups is 1. The first-order valence-electron chi connectivity index (χ1n) is 34.3. The van der Waals surface area contributed by atoms with Gasteiger partial charge in [0.2, 0.25) is 0 Å². The maximum absolute atomic E-state index is 12.6. The molecule has 0 fully saturated rings. The van der Waals surface area contributed by atoms with E-state index >= 15 is 0 Å². The number of benzene rings is 7. The molecular formula is C81H101F9O18S3. The second-order valence-corrected chi connectivity index (χ2v) is 27.2. The van der Waals surface area contributed by atoms with Gasteiger partial charge >= 0.3 is 36.8 Å². The van der Waals surface area contributed by atoms with E-state index in [2.05, 4.69) is 43.3 Å². The lowest BCUT2D eigenvalue weighted by atomic mass is 10.1. The molecule has 30 heteroatoms. The molecule has 614 valence electrons. The number of phenolic OH excluding ortho intramolecular Hbond substituents is 1. The lowest BCUT2D eigenvalue weighted by Gasteiger charge is -2.14. The maximum Gasteiger partial charge on any atom is 0.416 e. The smallest absolute Gasteiger partial charge is 0.416 e. The van der Waals surface area contributed by atoms with Gasteiger partial charge in [0.1, 0.15) is 58.6 Å². The van der Waals surface area contributed by atoms with Crippen LogP contribution < -0.4 is 28.4 Å². The van der Waals surface area contributed by atoms with Crippen molar-refractivity contribution in [3.63, 3.8) is 0 Å². The summed E-state index contributed by atoms with van der Waals surface area (Å²) in [6.45, 7) is 27.0. The molecule has 18 nitrogen and oxygen atoms in total. The number of halogens is 9. The summed E-state index contributed by atoms with van der Waals surface area (Å²) in [5.74, 6) is 5.41. The molecule has 7 rings (SSSR count). The molecule has 0 aliphatic carbocycles. The Morgan fingerprint density at radius 3 is 1.15 bits per heavy atom. The number of aromatic hydroxyl groups is 1. The Hall–Kier alpha value is -8.99. The molecule has 0 bridgehead atoms. The van der Waals surface area contributed by atoms with Crippen molar-refractivity contribution in [2.24, 2.45) is 29.6 Å². The van der Waals surface area contributed by atoms with Crippen molar-refractivity contribution >= 4 is 66.0 Å². The van der Waals surface area contributed by atoms with Gasteiger partial charge in [0.25, 0.3) is 0 Å². The zero-order valence-electron chi connectivity index (χ0n) is 64.5. The SMILES string of the molecule is CC(=O)COc1ccc(S)cc1C.CC(CO)CO.CCCOc1ccc(SCC(C)COc2ccc(C(F)(F)F)cc2)cc1C.CCOC(=O)C(C)C(C)=O.COc1ccc(SCC(C)COc2ccc(C(F)(F)F)cc2)cc1C.Cc1ccc(OCC(C)CO)cc1.O=C=O.O=C=O.Oc1ccc(C(F)(F)F)cc1. The van der Waals surface area contributed by atoms with Gasteiger partial charge in [-0.25, -0.2) is 0 Å². The fourth-order valence-electron chi connectivity index (χ4n) is 7.60. The first kappa shape index (κ1) is 104. The minimum Gasteiger partial charge on any atom is -0.508 e. The number of ether oxygens (including phenoxy) is 7. The molecule has 4 atom stereocenters. The molecule has 0 amide bonds. The van der Waals surface area contributed by atoms with E-state index in [1.807, 2.05) is 108 Å². The number of methoxy groups -OCH3 is 1. The first-order chi connectivity index (χ1) is 52.1. The van der Waals surface area contributed by atoms with Gasteiger partial charge in [-0.05, 0) is 230 Å². The van der Waals surface area contributed by atoms with Gasteiger partial charge in [0, 0.05) is 57.8 Å². The lowest BCUT2D eigenvalue weighted by Crippen LogP contribution is -2.20. The number of aliphatic hydroxyl groups excluding tert-OH is 3. The fourth-order valence-corrected chi connectivity index (χ4v) is 9.86. The highest BCUT2D eigenvalue weighted by Gasteiger charge is 2.32. The van der Waals surface area contributed by atoms with Gasteiger partial charge < -0.3 is 53.6 Å². The molecule has 0 saturated heterocycles. The topological polar surface area (TPSA) is 265 Å². The predicted molar refractivity (Wildman–Crippen MR) is 409 cm³/mol. The molecule has 0 heterocycles. The van der Waals surface area contributed by atoms with E-state index in [4.69, 9.17) is 68.0 Å². The highest BCUT2D eigenvalue weighted by atomic mass is 32.2. The largest absolute Gasteiger partial charge is 0.508 e. The molecule has 0 spiro atoms. The number of esters is 1. The summed E-state index contributed by atoms with van der Waals surface area (Å²) in [7, 11) is 1.65.